The average Bonchev–Trinajstić information content (AvgIpc) is 2.16. The fraction of sp³-hybridized carbons (Fsp3) is 0.444. The van der Waals surface area contributed by atoms with Crippen LogP contribution in [0.3, 0.4) is 0 Å². The Kier molecular flexibility index (Phi) is 3.01. The molecule has 1 aromatic rings. The molecular formula is C9H12N2O3. The van der Waals surface area contributed by atoms with Crippen LogP contribution in [-0.4, -0.2) is 23.0 Å². The fourth-order valence-corrected chi connectivity index (χ4v) is 0.957. The lowest BCUT2D eigenvalue weighted by molar-refractivity contribution is 0.0598. The van der Waals surface area contributed by atoms with Gasteiger partial charge in [0.2, 0.25) is 0 Å². The molecule has 0 fully saturated rings. The van der Waals surface area contributed by atoms with E-state index in [4.69, 9.17) is 0 Å². The molecule has 14 heavy (non-hydrogen) atoms. The summed E-state index contributed by atoms with van der Waals surface area (Å²) in [6, 6.07) is 0. The summed E-state index contributed by atoms with van der Waals surface area (Å²) < 4.78 is 4.42. The molecule has 1 N–H and O–H groups in total. The first-order valence-corrected chi connectivity index (χ1v) is 4.23. The molecule has 0 saturated heterocycles. The molecular weight excluding hydrogens is 184 g/mol. The van der Waals surface area contributed by atoms with Gasteiger partial charge in [-0.05, 0) is 0 Å². The van der Waals surface area contributed by atoms with E-state index in [1.54, 1.807) is 0 Å². The number of carbonyl (C=O) groups excluding carboxylic acids is 1. The van der Waals surface area contributed by atoms with E-state index in [1.165, 1.54) is 13.3 Å². The van der Waals surface area contributed by atoms with Crippen molar-refractivity contribution in [2.24, 2.45) is 0 Å². The third-order valence-electron chi connectivity index (χ3n) is 1.77. The van der Waals surface area contributed by atoms with Crippen molar-refractivity contribution in [3.63, 3.8) is 0 Å². The van der Waals surface area contributed by atoms with Gasteiger partial charge in [0, 0.05) is 12.1 Å². The van der Waals surface area contributed by atoms with Gasteiger partial charge in [-0.3, -0.25) is 4.79 Å². The fourth-order valence-electron chi connectivity index (χ4n) is 0.957. The van der Waals surface area contributed by atoms with Crippen LogP contribution >= 0.6 is 0 Å². The number of H-pyrrole nitrogens is 1. The van der Waals surface area contributed by atoms with E-state index < -0.39 is 11.5 Å². The number of nitrogens with one attached hydrogen (secondary N) is 1. The van der Waals surface area contributed by atoms with Gasteiger partial charge in [0.1, 0.15) is 11.4 Å². The maximum Gasteiger partial charge on any atom is 0.345 e. The summed E-state index contributed by atoms with van der Waals surface area (Å²) in [5.41, 5.74) is -0.535. The zero-order chi connectivity index (χ0) is 10.7. The predicted molar refractivity (Wildman–Crippen MR) is 50.3 cm³/mol. The van der Waals surface area contributed by atoms with Crippen LogP contribution < -0.4 is 5.56 Å². The number of hydrogen-bond acceptors (Lipinski definition) is 4. The summed E-state index contributed by atoms with van der Waals surface area (Å²) in [6.07, 6.45) is 1.24. The molecule has 0 radical (unpaired) electrons. The lowest BCUT2D eigenvalue weighted by Crippen LogP contribution is -2.21. The van der Waals surface area contributed by atoms with Crippen molar-refractivity contribution < 1.29 is 9.53 Å². The van der Waals surface area contributed by atoms with Gasteiger partial charge in [0.15, 0.2) is 0 Å². The van der Waals surface area contributed by atoms with Crippen molar-refractivity contribution >= 4 is 5.97 Å². The lowest BCUT2D eigenvalue weighted by atomic mass is 10.2. The molecule has 0 aromatic carbocycles. The Morgan fingerprint density at radius 1 is 1.57 bits per heavy atom. The van der Waals surface area contributed by atoms with Crippen LogP contribution in [-0.2, 0) is 4.74 Å². The van der Waals surface area contributed by atoms with E-state index in [0.29, 0.717) is 5.82 Å². The Bertz CT molecular complexity index is 395. The number of aromatic amines is 1. The Morgan fingerprint density at radius 3 is 2.64 bits per heavy atom. The molecule has 1 aromatic heterocycles. The second-order valence-electron chi connectivity index (χ2n) is 3.16. The number of hydrogen-bond donors (Lipinski definition) is 1. The zero-order valence-electron chi connectivity index (χ0n) is 8.33. The average molecular weight is 196 g/mol. The first-order valence-electron chi connectivity index (χ1n) is 4.23. The maximum atomic E-state index is 11.3. The van der Waals surface area contributed by atoms with Crippen molar-refractivity contribution in [3.8, 4) is 0 Å². The Morgan fingerprint density at radius 2 is 2.21 bits per heavy atom. The zero-order valence-corrected chi connectivity index (χ0v) is 8.33. The smallest absolute Gasteiger partial charge is 0.345 e. The third kappa shape index (κ3) is 1.99. The van der Waals surface area contributed by atoms with E-state index in [-0.39, 0.29) is 11.5 Å². The van der Waals surface area contributed by atoms with E-state index in [2.05, 4.69) is 14.7 Å². The van der Waals surface area contributed by atoms with Crippen molar-refractivity contribution in [1.82, 2.24) is 9.97 Å². The lowest BCUT2D eigenvalue weighted by Gasteiger charge is -2.03. The summed E-state index contributed by atoms with van der Waals surface area (Å²) in [5, 5.41) is 0. The van der Waals surface area contributed by atoms with Crippen molar-refractivity contribution in [3.05, 3.63) is 27.9 Å². The van der Waals surface area contributed by atoms with Crippen molar-refractivity contribution in [2.75, 3.05) is 7.11 Å². The highest BCUT2D eigenvalue weighted by Crippen LogP contribution is 2.05. The quantitative estimate of drug-likeness (QED) is 0.706. The third-order valence-corrected chi connectivity index (χ3v) is 1.77. The molecule has 1 rings (SSSR count). The molecule has 0 spiro atoms. The molecule has 0 aliphatic heterocycles. The van der Waals surface area contributed by atoms with Gasteiger partial charge in [0.05, 0.1) is 7.11 Å². The molecule has 5 heteroatoms. The van der Waals surface area contributed by atoms with Crippen molar-refractivity contribution in [1.29, 1.82) is 0 Å². The van der Waals surface area contributed by atoms with Crippen LogP contribution in [0.25, 0.3) is 0 Å². The number of methoxy groups -OCH3 is 1. The molecule has 0 bridgehead atoms. The molecule has 0 amide bonds. The molecule has 0 aliphatic rings. The SMILES string of the molecule is COC(=O)c1cnc(C(C)C)[nH]c1=O. The molecule has 0 unspecified atom stereocenters. The summed E-state index contributed by atoms with van der Waals surface area (Å²) in [4.78, 5) is 28.9. The van der Waals surface area contributed by atoms with E-state index in [0.717, 1.165) is 0 Å². The van der Waals surface area contributed by atoms with Gasteiger partial charge in [-0.25, -0.2) is 9.78 Å². The van der Waals surface area contributed by atoms with Gasteiger partial charge < -0.3 is 9.72 Å². The molecule has 0 saturated carbocycles. The minimum absolute atomic E-state index is 0.0723. The second-order valence-corrected chi connectivity index (χ2v) is 3.16. The van der Waals surface area contributed by atoms with Crippen LogP contribution in [0.1, 0.15) is 35.9 Å². The van der Waals surface area contributed by atoms with Gasteiger partial charge >= 0.3 is 5.97 Å². The summed E-state index contributed by atoms with van der Waals surface area (Å²) in [7, 11) is 1.22. The Balaban J connectivity index is 3.14. The first kappa shape index (κ1) is 10.4. The highest BCUT2D eigenvalue weighted by molar-refractivity contribution is 5.88. The minimum Gasteiger partial charge on any atom is -0.465 e. The van der Waals surface area contributed by atoms with Crippen LogP contribution in [0.15, 0.2) is 11.0 Å². The normalized spacial score (nSPS) is 10.3. The highest BCUT2D eigenvalue weighted by atomic mass is 16.5. The van der Waals surface area contributed by atoms with E-state index >= 15 is 0 Å². The number of esters is 1. The largest absolute Gasteiger partial charge is 0.465 e. The van der Waals surface area contributed by atoms with Crippen LogP contribution in [0.5, 0.6) is 0 Å². The predicted octanol–water partition coefficient (Wildman–Crippen LogP) is 0.680. The number of rotatable bonds is 2. The number of ether oxygens (including phenoxy) is 1. The monoisotopic (exact) mass is 196 g/mol. The molecule has 76 valence electrons. The topological polar surface area (TPSA) is 72.0 Å². The van der Waals surface area contributed by atoms with Crippen molar-refractivity contribution in [2.45, 2.75) is 19.8 Å². The van der Waals surface area contributed by atoms with Crippen LogP contribution in [0.4, 0.5) is 0 Å². The summed E-state index contributed by atoms with van der Waals surface area (Å²) in [6.45, 7) is 3.80. The molecule has 5 nitrogen and oxygen atoms in total. The van der Waals surface area contributed by atoms with Crippen LogP contribution in [0, 0.1) is 0 Å². The molecule has 1 heterocycles. The van der Waals surface area contributed by atoms with Gasteiger partial charge in [-0.2, -0.15) is 0 Å². The highest BCUT2D eigenvalue weighted by Gasteiger charge is 2.12. The molecule has 0 atom stereocenters. The Hall–Kier alpha value is -1.65. The summed E-state index contributed by atoms with van der Waals surface area (Å²) >= 11 is 0. The maximum absolute atomic E-state index is 11.3. The van der Waals surface area contributed by atoms with Gasteiger partial charge in [0.25, 0.3) is 5.56 Å². The molecule has 0 aliphatic carbocycles. The number of nitrogens with zero attached hydrogens (tertiary/aromatic N) is 1. The standard InChI is InChI=1S/C9H12N2O3/c1-5(2)7-10-4-6(8(12)11-7)9(13)14-3/h4-5H,1-3H3,(H,10,11,12). The number of carbonyl (C=O) groups is 1. The van der Waals surface area contributed by atoms with Gasteiger partial charge in [-0.15, -0.1) is 0 Å². The Labute approximate surface area is 81.1 Å². The second kappa shape index (κ2) is 4.04. The first-order chi connectivity index (χ1) is 6.56. The number of aromatic nitrogens is 2. The van der Waals surface area contributed by atoms with E-state index in [9.17, 15) is 9.59 Å². The van der Waals surface area contributed by atoms with E-state index in [1.807, 2.05) is 13.8 Å². The summed E-state index contributed by atoms with van der Waals surface area (Å²) in [5.74, 6) is 0.00565. The van der Waals surface area contributed by atoms with Gasteiger partial charge in [-0.1, -0.05) is 13.8 Å². The minimum atomic E-state index is -0.672. The van der Waals surface area contributed by atoms with Crippen LogP contribution in [0.2, 0.25) is 0 Å².